The first-order valence-electron chi connectivity index (χ1n) is 10.1. The maximum absolute atomic E-state index is 12.5. The number of anilines is 1. The zero-order valence-electron chi connectivity index (χ0n) is 18.2. The van der Waals surface area contributed by atoms with Crippen LogP contribution in [0.4, 0.5) is 6.01 Å². The molecule has 0 spiro atoms. The van der Waals surface area contributed by atoms with E-state index < -0.39 is 0 Å². The van der Waals surface area contributed by atoms with E-state index >= 15 is 0 Å². The maximum Gasteiger partial charge on any atom is 0.322 e. The minimum atomic E-state index is -0.299. The normalized spacial score (nSPS) is 11.1. The van der Waals surface area contributed by atoms with Crippen LogP contribution in [-0.2, 0) is 4.79 Å². The van der Waals surface area contributed by atoms with Crippen LogP contribution in [0, 0.1) is 0 Å². The molecule has 2 aromatic heterocycles. The average Bonchev–Trinajstić information content (AvgIpc) is 3.46. The third-order valence-corrected chi connectivity index (χ3v) is 5.74. The first-order valence-corrected chi connectivity index (χ1v) is 11.4. The Bertz CT molecular complexity index is 1260. The number of methoxy groups -OCH3 is 1. The summed E-state index contributed by atoms with van der Waals surface area (Å²) in [6.45, 7) is 3.86. The Hall–Kier alpha value is -3.37. The van der Waals surface area contributed by atoms with Crippen molar-refractivity contribution in [2.75, 3.05) is 18.2 Å². The number of halogens is 1. The Morgan fingerprint density at radius 2 is 1.94 bits per heavy atom. The summed E-state index contributed by atoms with van der Waals surface area (Å²) in [5.41, 5.74) is 1.63. The minimum Gasteiger partial charge on any atom is -0.497 e. The number of amides is 1. The van der Waals surface area contributed by atoms with Gasteiger partial charge >= 0.3 is 6.01 Å². The van der Waals surface area contributed by atoms with Gasteiger partial charge in [-0.25, -0.2) is 0 Å². The van der Waals surface area contributed by atoms with E-state index in [2.05, 4.69) is 25.7 Å². The van der Waals surface area contributed by atoms with Gasteiger partial charge in [-0.05, 0) is 36.4 Å². The summed E-state index contributed by atoms with van der Waals surface area (Å²) in [5, 5.41) is 20.2. The highest BCUT2D eigenvalue weighted by atomic mass is 35.5. The van der Waals surface area contributed by atoms with Gasteiger partial charge in [0.05, 0.1) is 12.9 Å². The van der Waals surface area contributed by atoms with Crippen LogP contribution in [0.3, 0.4) is 0 Å². The van der Waals surface area contributed by atoms with Crippen LogP contribution in [0.15, 0.2) is 58.1 Å². The quantitative estimate of drug-likeness (QED) is 0.354. The number of nitrogens with zero attached hydrogens (tertiary/aromatic N) is 5. The average molecular weight is 485 g/mol. The molecule has 1 amide bonds. The molecule has 0 aliphatic carbocycles. The van der Waals surface area contributed by atoms with Crippen LogP contribution in [0.5, 0.6) is 5.75 Å². The van der Waals surface area contributed by atoms with Gasteiger partial charge in [0.15, 0.2) is 11.0 Å². The molecule has 170 valence electrons. The standard InChI is InChI=1S/C22H21ClN6O3S/c1-13(2)20-26-27-21(32-20)24-18(30)12-33-22-28-25-19(14-5-4-6-17(11-14)31-3)29(22)16-9-7-15(23)8-10-16/h4-11,13H,12H2,1-3H3,(H,24,27,30). The smallest absolute Gasteiger partial charge is 0.322 e. The molecule has 0 saturated heterocycles. The Labute approximate surface area is 199 Å². The monoisotopic (exact) mass is 484 g/mol. The summed E-state index contributed by atoms with van der Waals surface area (Å²) in [7, 11) is 1.61. The van der Waals surface area contributed by atoms with Crippen molar-refractivity contribution in [3.05, 3.63) is 59.4 Å². The summed E-state index contributed by atoms with van der Waals surface area (Å²) < 4.78 is 12.6. The molecule has 1 N–H and O–H groups in total. The summed E-state index contributed by atoms with van der Waals surface area (Å²) in [6, 6.07) is 14.9. The highest BCUT2D eigenvalue weighted by Crippen LogP contribution is 2.30. The van der Waals surface area contributed by atoms with Crippen molar-refractivity contribution < 1.29 is 13.9 Å². The number of aromatic nitrogens is 5. The van der Waals surface area contributed by atoms with Crippen LogP contribution < -0.4 is 10.1 Å². The summed E-state index contributed by atoms with van der Waals surface area (Å²) in [6.07, 6.45) is 0. The summed E-state index contributed by atoms with van der Waals surface area (Å²) >= 11 is 7.31. The number of ether oxygens (including phenoxy) is 1. The number of thioether (sulfide) groups is 1. The third kappa shape index (κ3) is 5.35. The van der Waals surface area contributed by atoms with Crippen molar-refractivity contribution >= 4 is 35.3 Å². The molecule has 11 heteroatoms. The zero-order valence-corrected chi connectivity index (χ0v) is 19.7. The van der Waals surface area contributed by atoms with E-state index in [1.54, 1.807) is 19.2 Å². The second-order valence-electron chi connectivity index (χ2n) is 7.29. The van der Waals surface area contributed by atoms with Gasteiger partial charge in [-0.3, -0.25) is 14.7 Å². The van der Waals surface area contributed by atoms with Gasteiger partial charge in [-0.15, -0.1) is 15.3 Å². The first kappa shape index (κ1) is 22.8. The number of hydrogen-bond donors (Lipinski definition) is 1. The fourth-order valence-electron chi connectivity index (χ4n) is 2.94. The van der Waals surface area contributed by atoms with Gasteiger partial charge < -0.3 is 9.15 Å². The molecular weight excluding hydrogens is 464 g/mol. The van der Waals surface area contributed by atoms with Crippen molar-refractivity contribution in [1.29, 1.82) is 0 Å². The molecule has 2 heterocycles. The number of benzene rings is 2. The molecule has 0 saturated carbocycles. The molecule has 33 heavy (non-hydrogen) atoms. The molecule has 0 aliphatic heterocycles. The number of carbonyl (C=O) groups excluding carboxylic acids is 1. The van der Waals surface area contributed by atoms with E-state index in [1.807, 2.05) is 54.8 Å². The minimum absolute atomic E-state index is 0.0699. The lowest BCUT2D eigenvalue weighted by Gasteiger charge is -2.11. The van der Waals surface area contributed by atoms with Gasteiger partial charge in [0.2, 0.25) is 11.8 Å². The van der Waals surface area contributed by atoms with Gasteiger partial charge in [0.1, 0.15) is 5.75 Å². The van der Waals surface area contributed by atoms with Crippen molar-refractivity contribution in [2.24, 2.45) is 0 Å². The fraction of sp³-hybridized carbons (Fsp3) is 0.227. The molecule has 0 bridgehead atoms. The Kier molecular flexibility index (Phi) is 6.95. The summed E-state index contributed by atoms with van der Waals surface area (Å²) in [4.78, 5) is 12.5. The zero-order chi connectivity index (χ0) is 23.4. The van der Waals surface area contributed by atoms with Gasteiger partial charge in [-0.1, -0.05) is 54.4 Å². The van der Waals surface area contributed by atoms with E-state index in [0.29, 0.717) is 27.6 Å². The molecule has 0 aliphatic rings. The van der Waals surface area contributed by atoms with Gasteiger partial charge in [0.25, 0.3) is 0 Å². The lowest BCUT2D eigenvalue weighted by atomic mass is 10.2. The molecule has 0 unspecified atom stereocenters. The fourth-order valence-corrected chi connectivity index (χ4v) is 3.82. The lowest BCUT2D eigenvalue weighted by molar-refractivity contribution is -0.113. The van der Waals surface area contributed by atoms with Crippen molar-refractivity contribution in [3.63, 3.8) is 0 Å². The highest BCUT2D eigenvalue weighted by molar-refractivity contribution is 7.99. The van der Waals surface area contributed by atoms with Crippen LogP contribution in [0.1, 0.15) is 25.7 Å². The molecule has 9 nitrogen and oxygen atoms in total. The largest absolute Gasteiger partial charge is 0.497 e. The molecule has 0 atom stereocenters. The third-order valence-electron chi connectivity index (χ3n) is 4.56. The number of carbonyl (C=O) groups is 1. The van der Waals surface area contributed by atoms with Crippen molar-refractivity contribution in [1.82, 2.24) is 25.0 Å². The topological polar surface area (TPSA) is 108 Å². The molecule has 0 fully saturated rings. The number of nitrogens with one attached hydrogen (secondary N) is 1. The lowest BCUT2D eigenvalue weighted by Crippen LogP contribution is -2.15. The van der Waals surface area contributed by atoms with E-state index in [-0.39, 0.29) is 23.6 Å². The summed E-state index contributed by atoms with van der Waals surface area (Å²) in [5.74, 6) is 1.62. The molecule has 0 radical (unpaired) electrons. The Balaban J connectivity index is 1.58. The van der Waals surface area contributed by atoms with Crippen molar-refractivity contribution in [2.45, 2.75) is 24.9 Å². The number of hydrogen-bond acceptors (Lipinski definition) is 8. The Morgan fingerprint density at radius 1 is 1.15 bits per heavy atom. The second-order valence-corrected chi connectivity index (χ2v) is 8.67. The van der Waals surface area contributed by atoms with E-state index in [4.69, 9.17) is 20.8 Å². The van der Waals surface area contributed by atoms with Crippen LogP contribution in [-0.4, -0.2) is 43.7 Å². The van der Waals surface area contributed by atoms with E-state index in [9.17, 15) is 4.79 Å². The van der Waals surface area contributed by atoms with Crippen LogP contribution in [0.25, 0.3) is 17.1 Å². The maximum atomic E-state index is 12.5. The first-order chi connectivity index (χ1) is 15.9. The molecule has 4 aromatic rings. The van der Waals surface area contributed by atoms with Crippen LogP contribution in [0.2, 0.25) is 5.02 Å². The second kappa shape index (κ2) is 10.1. The highest BCUT2D eigenvalue weighted by Gasteiger charge is 2.19. The predicted molar refractivity (Wildman–Crippen MR) is 126 cm³/mol. The van der Waals surface area contributed by atoms with Gasteiger partial charge in [0, 0.05) is 22.2 Å². The SMILES string of the molecule is COc1cccc(-c2nnc(SCC(=O)Nc3nnc(C(C)C)o3)n2-c2ccc(Cl)cc2)c1. The Morgan fingerprint density at radius 3 is 2.64 bits per heavy atom. The molecular formula is C22H21ClN6O3S. The number of rotatable bonds is 8. The predicted octanol–water partition coefficient (Wildman–Crippen LogP) is 4.83. The van der Waals surface area contributed by atoms with E-state index in [0.717, 1.165) is 11.3 Å². The van der Waals surface area contributed by atoms with Crippen LogP contribution >= 0.6 is 23.4 Å². The molecule has 2 aromatic carbocycles. The van der Waals surface area contributed by atoms with E-state index in [1.165, 1.54) is 11.8 Å². The van der Waals surface area contributed by atoms with Gasteiger partial charge in [-0.2, -0.15) is 0 Å². The molecule has 4 rings (SSSR count). The van der Waals surface area contributed by atoms with Crippen molar-refractivity contribution in [3.8, 4) is 22.8 Å².